The van der Waals surface area contributed by atoms with Crippen molar-refractivity contribution >= 4 is 34.5 Å². The summed E-state index contributed by atoms with van der Waals surface area (Å²) in [4.78, 5) is 31.5. The summed E-state index contributed by atoms with van der Waals surface area (Å²) in [7, 11) is 0. The minimum absolute atomic E-state index is 0.0321. The van der Waals surface area contributed by atoms with E-state index in [4.69, 9.17) is 9.47 Å². The number of hydrogen-bond donors (Lipinski definition) is 0. The Morgan fingerprint density at radius 3 is 2.48 bits per heavy atom. The van der Waals surface area contributed by atoms with E-state index in [1.807, 2.05) is 61.0 Å². The zero-order valence-electron chi connectivity index (χ0n) is 17.4. The van der Waals surface area contributed by atoms with Crippen LogP contribution < -0.4 is 9.47 Å². The van der Waals surface area contributed by atoms with Crippen LogP contribution >= 0.6 is 22.7 Å². The van der Waals surface area contributed by atoms with Crippen molar-refractivity contribution in [2.75, 3.05) is 13.3 Å². The average Bonchev–Trinajstić information content (AvgIpc) is 3.53. The molecule has 8 heteroatoms. The second-order valence-corrected chi connectivity index (χ2v) is 9.50. The topological polar surface area (TPSA) is 59.1 Å². The van der Waals surface area contributed by atoms with E-state index in [2.05, 4.69) is 0 Å². The molecule has 0 fully saturated rings. The molecule has 1 aliphatic rings. The number of ether oxygens (including phenoxy) is 2. The van der Waals surface area contributed by atoms with Crippen molar-refractivity contribution in [2.24, 2.45) is 0 Å². The quantitative estimate of drug-likeness (QED) is 0.496. The van der Waals surface area contributed by atoms with Gasteiger partial charge in [-0.05, 0) is 54.4 Å². The molecule has 31 heavy (non-hydrogen) atoms. The Labute approximate surface area is 189 Å². The summed E-state index contributed by atoms with van der Waals surface area (Å²) in [6.07, 6.45) is 0. The Balaban J connectivity index is 1.53. The molecule has 0 saturated carbocycles. The van der Waals surface area contributed by atoms with Crippen molar-refractivity contribution in [3.63, 3.8) is 0 Å². The Bertz CT molecular complexity index is 1030. The van der Waals surface area contributed by atoms with Crippen molar-refractivity contribution in [2.45, 2.75) is 33.0 Å². The van der Waals surface area contributed by atoms with Gasteiger partial charge in [0.25, 0.3) is 5.91 Å². The molecule has 0 N–H and O–H groups in total. The molecule has 162 valence electrons. The van der Waals surface area contributed by atoms with Crippen molar-refractivity contribution in [3.05, 3.63) is 68.5 Å². The minimum Gasteiger partial charge on any atom is -0.454 e. The lowest BCUT2D eigenvalue weighted by Gasteiger charge is -2.30. The molecule has 0 atom stereocenters. The van der Waals surface area contributed by atoms with E-state index in [0.29, 0.717) is 29.5 Å². The van der Waals surface area contributed by atoms with E-state index >= 15 is 0 Å². The van der Waals surface area contributed by atoms with Gasteiger partial charge in [-0.15, -0.1) is 22.7 Å². The van der Waals surface area contributed by atoms with E-state index in [0.717, 1.165) is 10.4 Å². The number of benzene rings is 1. The minimum atomic E-state index is -0.113. The van der Waals surface area contributed by atoms with Gasteiger partial charge in [-0.1, -0.05) is 18.2 Å². The summed E-state index contributed by atoms with van der Waals surface area (Å²) in [5.74, 6) is 1.20. The molecule has 0 bridgehead atoms. The number of hydrogen-bond acceptors (Lipinski definition) is 6. The van der Waals surface area contributed by atoms with Crippen LogP contribution in [-0.2, 0) is 17.9 Å². The molecule has 0 radical (unpaired) electrons. The number of nitrogens with zero attached hydrogens (tertiary/aromatic N) is 2. The average molecular weight is 457 g/mol. The van der Waals surface area contributed by atoms with Crippen molar-refractivity contribution in [3.8, 4) is 11.5 Å². The lowest BCUT2D eigenvalue weighted by atomic mass is 10.1. The number of amides is 2. The molecule has 0 saturated heterocycles. The Hall–Kier alpha value is -2.84. The van der Waals surface area contributed by atoms with Crippen LogP contribution in [0, 0.1) is 0 Å². The van der Waals surface area contributed by atoms with Crippen LogP contribution in [0.5, 0.6) is 11.5 Å². The maximum atomic E-state index is 13.4. The maximum absolute atomic E-state index is 13.4. The summed E-state index contributed by atoms with van der Waals surface area (Å²) >= 11 is 3.00. The first-order chi connectivity index (χ1) is 15.0. The number of carbonyl (C=O) groups is 2. The highest BCUT2D eigenvalue weighted by Crippen LogP contribution is 2.33. The number of carbonyl (C=O) groups excluding carboxylic acids is 2. The first kappa shape index (κ1) is 21.4. The monoisotopic (exact) mass is 456 g/mol. The first-order valence-corrected chi connectivity index (χ1v) is 11.8. The van der Waals surface area contributed by atoms with Gasteiger partial charge in [-0.2, -0.15) is 0 Å². The standard InChI is InChI=1S/C23H24N2O4S2/c1-16(2)25(23(27)21-6-4-10-31-21)14-22(26)24(13-18-5-3-9-30-18)12-17-7-8-19-20(11-17)29-15-28-19/h3-11,16H,12-15H2,1-2H3. The van der Waals surface area contributed by atoms with Gasteiger partial charge in [0.2, 0.25) is 12.7 Å². The summed E-state index contributed by atoms with van der Waals surface area (Å²) in [6, 6.07) is 13.3. The highest BCUT2D eigenvalue weighted by atomic mass is 32.1. The SMILES string of the molecule is CC(C)N(CC(=O)N(Cc1ccc2c(c1)OCO2)Cc1cccs1)C(=O)c1cccs1. The second-order valence-electron chi connectivity index (χ2n) is 7.52. The fourth-order valence-electron chi connectivity index (χ4n) is 3.36. The molecule has 0 unspecified atom stereocenters. The van der Waals surface area contributed by atoms with Crippen LogP contribution in [0.3, 0.4) is 0 Å². The summed E-state index contributed by atoms with van der Waals surface area (Å²) in [5.41, 5.74) is 0.954. The molecule has 0 aliphatic carbocycles. The van der Waals surface area contributed by atoms with Crippen molar-refractivity contribution in [1.29, 1.82) is 0 Å². The normalized spacial score (nSPS) is 12.2. The maximum Gasteiger partial charge on any atom is 0.264 e. The molecular weight excluding hydrogens is 432 g/mol. The smallest absolute Gasteiger partial charge is 0.264 e. The van der Waals surface area contributed by atoms with Crippen LogP contribution in [0.25, 0.3) is 0 Å². The van der Waals surface area contributed by atoms with Gasteiger partial charge in [0, 0.05) is 17.5 Å². The van der Waals surface area contributed by atoms with Crippen LogP contribution in [0.4, 0.5) is 0 Å². The number of fused-ring (bicyclic) bond motifs is 1. The molecule has 4 rings (SSSR count). The molecule has 3 aromatic rings. The summed E-state index contributed by atoms with van der Waals surface area (Å²) in [6.45, 7) is 5.02. The van der Waals surface area contributed by atoms with Gasteiger partial charge in [-0.25, -0.2) is 0 Å². The molecule has 3 heterocycles. The van der Waals surface area contributed by atoms with Gasteiger partial charge < -0.3 is 19.3 Å². The highest BCUT2D eigenvalue weighted by Gasteiger charge is 2.26. The molecule has 0 spiro atoms. The molecule has 2 aromatic heterocycles. The third-order valence-electron chi connectivity index (χ3n) is 5.01. The van der Waals surface area contributed by atoms with Gasteiger partial charge in [0.15, 0.2) is 11.5 Å². The van der Waals surface area contributed by atoms with Crippen molar-refractivity contribution < 1.29 is 19.1 Å². The fraction of sp³-hybridized carbons (Fsp3) is 0.304. The fourth-order valence-corrected chi connectivity index (χ4v) is 4.76. The lowest BCUT2D eigenvalue weighted by Crippen LogP contribution is -2.45. The largest absolute Gasteiger partial charge is 0.454 e. The van der Waals surface area contributed by atoms with Crippen LogP contribution in [0.15, 0.2) is 53.2 Å². The van der Waals surface area contributed by atoms with Gasteiger partial charge in [0.05, 0.1) is 11.4 Å². The first-order valence-electron chi connectivity index (χ1n) is 10.0. The zero-order chi connectivity index (χ0) is 21.8. The van der Waals surface area contributed by atoms with Gasteiger partial charge in [-0.3, -0.25) is 9.59 Å². The molecule has 2 amide bonds. The lowest BCUT2D eigenvalue weighted by molar-refractivity contribution is -0.133. The predicted molar refractivity (Wildman–Crippen MR) is 122 cm³/mol. The number of thiophene rings is 2. The summed E-state index contributed by atoms with van der Waals surface area (Å²) in [5, 5.41) is 3.87. The zero-order valence-corrected chi connectivity index (χ0v) is 19.1. The Kier molecular flexibility index (Phi) is 6.58. The van der Waals surface area contributed by atoms with Gasteiger partial charge in [0.1, 0.15) is 6.54 Å². The van der Waals surface area contributed by atoms with E-state index in [1.165, 1.54) is 11.3 Å². The Morgan fingerprint density at radius 2 is 1.77 bits per heavy atom. The van der Waals surface area contributed by atoms with E-state index in [9.17, 15) is 9.59 Å². The van der Waals surface area contributed by atoms with E-state index in [-0.39, 0.29) is 31.2 Å². The highest BCUT2D eigenvalue weighted by molar-refractivity contribution is 7.12. The third kappa shape index (κ3) is 5.08. The van der Waals surface area contributed by atoms with Crippen molar-refractivity contribution in [1.82, 2.24) is 9.80 Å². The second kappa shape index (κ2) is 9.53. The molecular formula is C23H24N2O4S2. The van der Waals surface area contributed by atoms with Crippen LogP contribution in [0.1, 0.15) is 34.0 Å². The summed E-state index contributed by atoms with van der Waals surface area (Å²) < 4.78 is 10.9. The number of rotatable bonds is 8. The van der Waals surface area contributed by atoms with Gasteiger partial charge >= 0.3 is 0 Å². The van der Waals surface area contributed by atoms with E-state index in [1.54, 1.807) is 27.2 Å². The van der Waals surface area contributed by atoms with Crippen LogP contribution in [0.2, 0.25) is 0 Å². The predicted octanol–water partition coefficient (Wildman–Crippen LogP) is 4.62. The van der Waals surface area contributed by atoms with Crippen LogP contribution in [-0.4, -0.2) is 41.0 Å². The third-order valence-corrected chi connectivity index (χ3v) is 6.73. The molecule has 6 nitrogen and oxygen atoms in total. The molecule has 1 aromatic carbocycles. The Morgan fingerprint density at radius 1 is 1.00 bits per heavy atom. The van der Waals surface area contributed by atoms with E-state index < -0.39 is 0 Å². The molecule has 1 aliphatic heterocycles.